The first-order chi connectivity index (χ1) is 8.24. The zero-order chi connectivity index (χ0) is 12.4. The summed E-state index contributed by atoms with van der Waals surface area (Å²) in [5.74, 6) is -0.927. The van der Waals surface area contributed by atoms with Crippen molar-refractivity contribution < 1.29 is 14.7 Å². The van der Waals surface area contributed by atoms with Crippen molar-refractivity contribution in [1.29, 1.82) is 0 Å². The van der Waals surface area contributed by atoms with E-state index in [9.17, 15) is 14.7 Å². The molecule has 1 aliphatic heterocycles. The van der Waals surface area contributed by atoms with Gasteiger partial charge in [-0.3, -0.25) is 4.99 Å². The highest BCUT2D eigenvalue weighted by atomic mass is 32.2. The Bertz CT molecular complexity index is 348. The van der Waals surface area contributed by atoms with E-state index in [0.29, 0.717) is 0 Å². The van der Waals surface area contributed by atoms with E-state index < -0.39 is 11.8 Å². The second-order valence-corrected chi connectivity index (χ2v) is 5.66. The number of nitrogens with one attached hydrogen (secondary N) is 1. The largest absolute Gasteiger partial charge is 0.396 e. The molecule has 0 radical (unpaired) electrons. The molecular weight excluding hydrogens is 240 g/mol. The number of aliphatic imine (C=N–C) groups is 1. The first-order valence-electron chi connectivity index (χ1n) is 5.68. The number of aldehydes is 2. The highest BCUT2D eigenvalue weighted by Gasteiger charge is 2.47. The van der Waals surface area contributed by atoms with Gasteiger partial charge in [-0.05, 0) is 12.3 Å². The van der Waals surface area contributed by atoms with Gasteiger partial charge in [0.25, 0.3) is 0 Å². The van der Waals surface area contributed by atoms with E-state index in [1.165, 1.54) is 0 Å². The van der Waals surface area contributed by atoms with Crippen LogP contribution in [0.25, 0.3) is 0 Å². The third kappa shape index (κ3) is 2.11. The number of fused-ring (bicyclic) bond motifs is 1. The monoisotopic (exact) mass is 256 g/mol. The summed E-state index contributed by atoms with van der Waals surface area (Å²) in [5.41, 5.74) is 0. The van der Waals surface area contributed by atoms with Crippen molar-refractivity contribution in [1.82, 2.24) is 5.32 Å². The molecule has 94 valence electrons. The van der Waals surface area contributed by atoms with E-state index in [4.69, 9.17) is 0 Å². The smallest absolute Gasteiger partial charge is 0.156 e. The van der Waals surface area contributed by atoms with Gasteiger partial charge in [0.15, 0.2) is 5.17 Å². The lowest BCUT2D eigenvalue weighted by Crippen LogP contribution is -2.45. The number of thioether (sulfide) groups is 1. The number of hydrogen-bond acceptors (Lipinski definition) is 6. The standard InChI is InChI=1S/C11H16N2O3S/c1-12-11-13-10-8(5-16)7(4-15)6(3-14)2-9(10)17-11/h4-10,14H,2-3H2,1H3,(H,12,13)/t6-,7+,8+,9-,10+/m0/s1. The number of aliphatic hydroxyl groups is 1. The summed E-state index contributed by atoms with van der Waals surface area (Å²) in [5, 5.41) is 13.3. The third-order valence-electron chi connectivity index (χ3n) is 3.59. The molecule has 0 unspecified atom stereocenters. The van der Waals surface area contributed by atoms with Gasteiger partial charge in [-0.25, -0.2) is 0 Å². The molecule has 6 heteroatoms. The predicted molar refractivity (Wildman–Crippen MR) is 66.0 cm³/mol. The van der Waals surface area contributed by atoms with Gasteiger partial charge in [0.05, 0.1) is 6.04 Å². The highest BCUT2D eigenvalue weighted by Crippen LogP contribution is 2.43. The molecule has 0 aromatic rings. The Morgan fingerprint density at radius 2 is 2.18 bits per heavy atom. The summed E-state index contributed by atoms with van der Waals surface area (Å²) in [6, 6.07) is -0.127. The van der Waals surface area contributed by atoms with E-state index >= 15 is 0 Å². The lowest BCUT2D eigenvalue weighted by atomic mass is 9.71. The van der Waals surface area contributed by atoms with E-state index in [2.05, 4.69) is 10.3 Å². The van der Waals surface area contributed by atoms with Crippen LogP contribution in [0.15, 0.2) is 4.99 Å². The van der Waals surface area contributed by atoms with Gasteiger partial charge in [0.2, 0.25) is 0 Å². The molecule has 1 aliphatic carbocycles. The van der Waals surface area contributed by atoms with E-state index in [-0.39, 0.29) is 23.8 Å². The second-order valence-electron chi connectivity index (χ2n) is 4.44. The molecule has 5 atom stereocenters. The van der Waals surface area contributed by atoms with E-state index in [0.717, 1.165) is 24.2 Å². The van der Waals surface area contributed by atoms with Gasteiger partial charge in [0.1, 0.15) is 12.6 Å². The minimum Gasteiger partial charge on any atom is -0.396 e. The number of nitrogens with zero attached hydrogens (tertiary/aromatic N) is 1. The molecule has 1 fully saturated rings. The maximum atomic E-state index is 11.2. The maximum Gasteiger partial charge on any atom is 0.156 e. The molecule has 0 aromatic heterocycles. The average molecular weight is 256 g/mol. The Hall–Kier alpha value is -0.880. The number of carbonyl (C=O) groups is 2. The SMILES string of the molecule is CNC1=N[C@@H]2[C@H](C=O)[C@H](C=O)[C@H](CO)C[C@@H]2S1. The topological polar surface area (TPSA) is 78.8 Å². The number of amidine groups is 1. The summed E-state index contributed by atoms with van der Waals surface area (Å²) in [6.07, 6.45) is 2.35. The molecule has 2 N–H and O–H groups in total. The minimum absolute atomic E-state index is 0.0492. The molecule has 0 spiro atoms. The Balaban J connectivity index is 2.25. The Morgan fingerprint density at radius 3 is 2.71 bits per heavy atom. The number of hydrogen-bond donors (Lipinski definition) is 2. The molecule has 0 saturated heterocycles. The minimum atomic E-state index is -0.403. The molecule has 1 saturated carbocycles. The fraction of sp³-hybridized carbons (Fsp3) is 0.727. The van der Waals surface area contributed by atoms with Crippen molar-refractivity contribution in [3.63, 3.8) is 0 Å². The summed E-state index contributed by atoms with van der Waals surface area (Å²) in [6.45, 7) is -0.0492. The van der Waals surface area contributed by atoms with Crippen LogP contribution in [0.1, 0.15) is 6.42 Å². The van der Waals surface area contributed by atoms with Crippen LogP contribution in [-0.4, -0.2) is 47.8 Å². The van der Waals surface area contributed by atoms with Crippen molar-refractivity contribution in [2.75, 3.05) is 13.7 Å². The molecule has 1 heterocycles. The van der Waals surface area contributed by atoms with Crippen molar-refractivity contribution in [2.24, 2.45) is 22.7 Å². The van der Waals surface area contributed by atoms with Crippen LogP contribution in [-0.2, 0) is 9.59 Å². The normalized spacial score (nSPS) is 40.4. The van der Waals surface area contributed by atoms with Crippen molar-refractivity contribution >= 4 is 29.5 Å². The van der Waals surface area contributed by atoms with Gasteiger partial charge < -0.3 is 20.0 Å². The average Bonchev–Trinajstić information content (AvgIpc) is 2.78. The van der Waals surface area contributed by atoms with Crippen LogP contribution in [0.3, 0.4) is 0 Å². The Kier molecular flexibility index (Phi) is 3.83. The summed E-state index contributed by atoms with van der Waals surface area (Å²) in [7, 11) is 1.79. The highest BCUT2D eigenvalue weighted by molar-refractivity contribution is 8.14. The lowest BCUT2D eigenvalue weighted by molar-refractivity contribution is -0.124. The number of rotatable bonds is 3. The zero-order valence-corrected chi connectivity index (χ0v) is 10.4. The van der Waals surface area contributed by atoms with E-state index in [1.807, 2.05) is 0 Å². The van der Waals surface area contributed by atoms with Crippen LogP contribution in [0.2, 0.25) is 0 Å². The summed E-state index contributed by atoms with van der Waals surface area (Å²) in [4.78, 5) is 26.7. The van der Waals surface area contributed by atoms with Gasteiger partial charge >= 0.3 is 0 Å². The van der Waals surface area contributed by atoms with Crippen LogP contribution in [0.5, 0.6) is 0 Å². The molecule has 0 bridgehead atoms. The molecule has 2 aliphatic rings. The van der Waals surface area contributed by atoms with Crippen molar-refractivity contribution in [2.45, 2.75) is 17.7 Å². The second kappa shape index (κ2) is 5.18. The van der Waals surface area contributed by atoms with Gasteiger partial charge in [-0.1, -0.05) is 11.8 Å². The van der Waals surface area contributed by atoms with E-state index in [1.54, 1.807) is 18.8 Å². The van der Waals surface area contributed by atoms with Gasteiger partial charge in [-0.2, -0.15) is 0 Å². The molecule has 0 amide bonds. The maximum absolute atomic E-state index is 11.2. The molecule has 17 heavy (non-hydrogen) atoms. The van der Waals surface area contributed by atoms with Gasteiger partial charge in [0, 0.05) is 30.7 Å². The number of carbonyl (C=O) groups excluding carboxylic acids is 2. The molecule has 0 aromatic carbocycles. The van der Waals surface area contributed by atoms with Crippen LogP contribution in [0.4, 0.5) is 0 Å². The van der Waals surface area contributed by atoms with Crippen molar-refractivity contribution in [3.05, 3.63) is 0 Å². The van der Waals surface area contributed by atoms with Gasteiger partial charge in [-0.15, -0.1) is 0 Å². The predicted octanol–water partition coefficient (Wildman–Crippen LogP) is -0.312. The number of aliphatic hydroxyl groups excluding tert-OH is 1. The Labute approximate surface area is 104 Å². The summed E-state index contributed by atoms with van der Waals surface area (Å²) < 4.78 is 0. The molecular formula is C11H16N2O3S. The Morgan fingerprint density at radius 1 is 1.47 bits per heavy atom. The van der Waals surface area contributed by atoms with Crippen LogP contribution >= 0.6 is 11.8 Å². The summed E-state index contributed by atoms with van der Waals surface area (Å²) >= 11 is 1.60. The first-order valence-corrected chi connectivity index (χ1v) is 6.56. The fourth-order valence-corrected chi connectivity index (χ4v) is 3.99. The quantitative estimate of drug-likeness (QED) is 0.677. The van der Waals surface area contributed by atoms with Crippen LogP contribution in [0, 0.1) is 17.8 Å². The van der Waals surface area contributed by atoms with Crippen molar-refractivity contribution in [3.8, 4) is 0 Å². The fourth-order valence-electron chi connectivity index (χ4n) is 2.67. The lowest BCUT2D eigenvalue weighted by Gasteiger charge is -2.37. The first kappa shape index (κ1) is 12.6. The zero-order valence-electron chi connectivity index (χ0n) is 9.57. The molecule has 2 rings (SSSR count). The molecule has 5 nitrogen and oxygen atoms in total. The van der Waals surface area contributed by atoms with Crippen LogP contribution < -0.4 is 5.32 Å². The third-order valence-corrected chi connectivity index (χ3v) is 4.90.